The maximum absolute atomic E-state index is 6.02. The first kappa shape index (κ1) is 10.1. The molecule has 78 valence electrons. The maximum Gasteiger partial charge on any atom is 0.0400 e. The van der Waals surface area contributed by atoms with Crippen LogP contribution in [0.2, 0.25) is 0 Å². The number of fused-ring (bicyclic) bond motifs is 1. The van der Waals surface area contributed by atoms with Gasteiger partial charge in [-0.1, -0.05) is 18.2 Å². The zero-order valence-electron chi connectivity index (χ0n) is 8.82. The first-order chi connectivity index (χ1) is 7.31. The van der Waals surface area contributed by atoms with Gasteiger partial charge in [0, 0.05) is 31.2 Å². The van der Waals surface area contributed by atoms with Gasteiger partial charge < -0.3 is 10.6 Å². The third-order valence-corrected chi connectivity index (χ3v) is 2.80. The number of hydrogen-bond donors (Lipinski definition) is 1. The fraction of sp³-hybridized carbons (Fsp3) is 0.385. The number of rotatable bonds is 2. The van der Waals surface area contributed by atoms with Crippen LogP contribution >= 0.6 is 0 Å². The van der Waals surface area contributed by atoms with Gasteiger partial charge in [0.1, 0.15) is 0 Å². The molecule has 15 heavy (non-hydrogen) atoms. The molecule has 1 aromatic rings. The van der Waals surface area contributed by atoms with Crippen LogP contribution in [0.3, 0.4) is 0 Å². The van der Waals surface area contributed by atoms with Crippen LogP contribution in [0.25, 0.3) is 0 Å². The van der Waals surface area contributed by atoms with Crippen LogP contribution in [0.5, 0.6) is 0 Å². The number of para-hydroxylation sites is 1. The summed E-state index contributed by atoms with van der Waals surface area (Å²) in [5.41, 5.74) is 8.66. The molecule has 0 bridgehead atoms. The predicted octanol–water partition coefficient (Wildman–Crippen LogP) is 1.40. The van der Waals surface area contributed by atoms with Crippen molar-refractivity contribution in [3.8, 4) is 12.3 Å². The van der Waals surface area contributed by atoms with Gasteiger partial charge in [0.25, 0.3) is 0 Å². The number of anilines is 1. The zero-order valence-corrected chi connectivity index (χ0v) is 8.82. The summed E-state index contributed by atoms with van der Waals surface area (Å²) in [5.74, 6) is 2.68. The van der Waals surface area contributed by atoms with E-state index in [-0.39, 0.29) is 6.04 Å². The van der Waals surface area contributed by atoms with Gasteiger partial charge >= 0.3 is 0 Å². The van der Waals surface area contributed by atoms with E-state index < -0.39 is 0 Å². The van der Waals surface area contributed by atoms with Crippen molar-refractivity contribution in [1.29, 1.82) is 0 Å². The Bertz CT molecular complexity index is 378. The second-order valence-corrected chi connectivity index (χ2v) is 3.99. The Morgan fingerprint density at radius 3 is 3.07 bits per heavy atom. The number of benzene rings is 1. The zero-order chi connectivity index (χ0) is 10.7. The molecule has 1 heterocycles. The van der Waals surface area contributed by atoms with E-state index >= 15 is 0 Å². The third-order valence-electron chi connectivity index (χ3n) is 2.80. The van der Waals surface area contributed by atoms with E-state index in [4.69, 9.17) is 12.2 Å². The molecule has 0 saturated heterocycles. The topological polar surface area (TPSA) is 29.3 Å². The molecule has 0 fully saturated rings. The Morgan fingerprint density at radius 1 is 1.47 bits per heavy atom. The second kappa shape index (κ2) is 4.37. The summed E-state index contributed by atoms with van der Waals surface area (Å²) >= 11 is 0. The highest BCUT2D eigenvalue weighted by molar-refractivity contribution is 5.56. The molecule has 2 rings (SSSR count). The summed E-state index contributed by atoms with van der Waals surface area (Å²) in [6, 6.07) is 8.67. The molecule has 1 aromatic carbocycles. The summed E-state index contributed by atoms with van der Waals surface area (Å²) < 4.78 is 0. The number of terminal acetylenes is 1. The van der Waals surface area contributed by atoms with Gasteiger partial charge in [-0.2, -0.15) is 0 Å². The van der Waals surface area contributed by atoms with Gasteiger partial charge in [-0.25, -0.2) is 0 Å². The average molecular weight is 200 g/mol. The lowest BCUT2D eigenvalue weighted by Crippen LogP contribution is -2.43. The van der Waals surface area contributed by atoms with Crippen molar-refractivity contribution in [3.63, 3.8) is 0 Å². The lowest BCUT2D eigenvalue weighted by atomic mass is 9.98. The van der Waals surface area contributed by atoms with Crippen molar-refractivity contribution < 1.29 is 0 Å². The molecule has 1 unspecified atom stereocenters. The molecular formula is C13H16N2. The normalized spacial score (nSPS) is 19.5. The molecule has 0 amide bonds. The molecule has 0 spiro atoms. The first-order valence-corrected chi connectivity index (χ1v) is 5.33. The van der Waals surface area contributed by atoms with Gasteiger partial charge in [-0.05, 0) is 18.1 Å². The minimum absolute atomic E-state index is 0.234. The van der Waals surface area contributed by atoms with E-state index in [1.165, 1.54) is 11.3 Å². The Balaban J connectivity index is 2.23. The Kier molecular flexibility index (Phi) is 2.94. The van der Waals surface area contributed by atoms with Gasteiger partial charge in [0.2, 0.25) is 0 Å². The molecule has 2 N–H and O–H groups in total. The predicted molar refractivity (Wildman–Crippen MR) is 63.8 cm³/mol. The Morgan fingerprint density at radius 2 is 2.27 bits per heavy atom. The monoisotopic (exact) mass is 200 g/mol. The van der Waals surface area contributed by atoms with Gasteiger partial charge in [-0.3, -0.25) is 0 Å². The van der Waals surface area contributed by atoms with Crippen molar-refractivity contribution in [3.05, 3.63) is 29.8 Å². The van der Waals surface area contributed by atoms with Gasteiger partial charge in [-0.15, -0.1) is 12.3 Å². The van der Waals surface area contributed by atoms with Crippen molar-refractivity contribution in [2.24, 2.45) is 5.73 Å². The van der Waals surface area contributed by atoms with Crippen LogP contribution in [0.15, 0.2) is 24.3 Å². The fourth-order valence-corrected chi connectivity index (χ4v) is 2.13. The smallest absolute Gasteiger partial charge is 0.0400 e. The second-order valence-electron chi connectivity index (χ2n) is 3.99. The van der Waals surface area contributed by atoms with E-state index in [9.17, 15) is 0 Å². The largest absolute Gasteiger partial charge is 0.369 e. The number of nitrogens with zero attached hydrogens (tertiary/aromatic N) is 1. The molecule has 1 atom stereocenters. The molecular weight excluding hydrogens is 184 g/mol. The molecule has 0 saturated carbocycles. The highest BCUT2D eigenvalue weighted by Crippen LogP contribution is 2.26. The van der Waals surface area contributed by atoms with Crippen LogP contribution in [-0.2, 0) is 6.42 Å². The summed E-state index contributed by atoms with van der Waals surface area (Å²) in [6.07, 6.45) is 7.05. The van der Waals surface area contributed by atoms with Crippen molar-refractivity contribution >= 4 is 5.69 Å². The van der Waals surface area contributed by atoms with E-state index in [1.54, 1.807) is 0 Å². The molecule has 2 heteroatoms. The first-order valence-electron chi connectivity index (χ1n) is 5.33. The highest BCUT2D eigenvalue weighted by Gasteiger charge is 2.20. The fourth-order valence-electron chi connectivity index (χ4n) is 2.13. The minimum Gasteiger partial charge on any atom is -0.369 e. The van der Waals surface area contributed by atoms with Crippen LogP contribution in [0.1, 0.15) is 12.0 Å². The Labute approximate surface area is 91.1 Å². The Hall–Kier alpha value is -1.46. The van der Waals surface area contributed by atoms with Crippen LogP contribution in [-0.4, -0.2) is 19.1 Å². The van der Waals surface area contributed by atoms with Crippen LogP contribution in [0.4, 0.5) is 5.69 Å². The lowest BCUT2D eigenvalue weighted by molar-refractivity contribution is 0.602. The third kappa shape index (κ3) is 2.14. The van der Waals surface area contributed by atoms with Crippen LogP contribution in [0, 0.1) is 12.3 Å². The number of hydrogen-bond acceptors (Lipinski definition) is 2. The molecule has 0 aliphatic carbocycles. The molecule has 0 radical (unpaired) electrons. The van der Waals surface area contributed by atoms with E-state index in [1.807, 2.05) is 0 Å². The van der Waals surface area contributed by atoms with Gasteiger partial charge in [0.15, 0.2) is 0 Å². The van der Waals surface area contributed by atoms with Crippen molar-refractivity contribution in [1.82, 2.24) is 0 Å². The summed E-state index contributed by atoms with van der Waals surface area (Å²) in [6.45, 7) is 1.82. The SMILES string of the molecule is C#CCCN1CC(N)Cc2ccccc21. The van der Waals surface area contributed by atoms with E-state index in [0.717, 1.165) is 25.9 Å². The average Bonchev–Trinajstić information content (AvgIpc) is 2.25. The van der Waals surface area contributed by atoms with Gasteiger partial charge in [0.05, 0.1) is 0 Å². The van der Waals surface area contributed by atoms with E-state index in [2.05, 4.69) is 35.1 Å². The maximum atomic E-state index is 6.02. The summed E-state index contributed by atoms with van der Waals surface area (Å²) in [5, 5.41) is 0. The lowest BCUT2D eigenvalue weighted by Gasteiger charge is -2.34. The molecule has 1 aliphatic heterocycles. The van der Waals surface area contributed by atoms with Crippen LogP contribution < -0.4 is 10.6 Å². The molecule has 0 aromatic heterocycles. The molecule has 2 nitrogen and oxygen atoms in total. The van der Waals surface area contributed by atoms with Crippen molar-refractivity contribution in [2.45, 2.75) is 18.9 Å². The van der Waals surface area contributed by atoms with E-state index in [0.29, 0.717) is 0 Å². The minimum atomic E-state index is 0.234. The summed E-state index contributed by atoms with van der Waals surface area (Å²) in [7, 11) is 0. The number of nitrogens with two attached hydrogens (primary N) is 1. The highest BCUT2D eigenvalue weighted by atomic mass is 15.1. The van der Waals surface area contributed by atoms with Crippen molar-refractivity contribution in [2.75, 3.05) is 18.0 Å². The summed E-state index contributed by atoms with van der Waals surface area (Å²) in [4.78, 5) is 2.30. The standard InChI is InChI=1S/C13H16N2/c1-2-3-8-15-10-12(14)9-11-6-4-5-7-13(11)15/h1,4-7,12H,3,8-10,14H2. The molecule has 1 aliphatic rings. The quantitative estimate of drug-likeness (QED) is 0.731.